The SMILES string of the molecule is CCCCN(CC(N)=O)Cc1c(F)ccc(Br)c1F. The van der Waals surface area contributed by atoms with Gasteiger partial charge in [0.1, 0.15) is 11.6 Å². The van der Waals surface area contributed by atoms with Crippen molar-refractivity contribution < 1.29 is 13.6 Å². The van der Waals surface area contributed by atoms with Crippen LogP contribution in [0, 0.1) is 11.6 Å². The van der Waals surface area contributed by atoms with Crippen LogP contribution in [0.25, 0.3) is 0 Å². The molecule has 1 amide bonds. The average molecular weight is 335 g/mol. The van der Waals surface area contributed by atoms with Crippen molar-refractivity contribution in [3.05, 3.63) is 33.8 Å². The van der Waals surface area contributed by atoms with Crippen molar-refractivity contribution in [2.75, 3.05) is 13.1 Å². The number of nitrogens with two attached hydrogens (primary N) is 1. The van der Waals surface area contributed by atoms with Crippen LogP contribution in [0.2, 0.25) is 0 Å². The van der Waals surface area contributed by atoms with Gasteiger partial charge in [-0.3, -0.25) is 9.69 Å². The van der Waals surface area contributed by atoms with Crippen LogP contribution in [0.15, 0.2) is 16.6 Å². The molecule has 1 rings (SSSR count). The molecule has 0 heterocycles. The van der Waals surface area contributed by atoms with Crippen molar-refractivity contribution in [2.45, 2.75) is 26.3 Å². The molecule has 0 aliphatic rings. The number of rotatable bonds is 7. The first-order valence-corrected chi connectivity index (χ1v) is 6.88. The van der Waals surface area contributed by atoms with E-state index in [9.17, 15) is 13.6 Å². The zero-order valence-electron chi connectivity index (χ0n) is 10.8. The maximum absolute atomic E-state index is 13.9. The summed E-state index contributed by atoms with van der Waals surface area (Å²) >= 11 is 3.02. The maximum atomic E-state index is 13.9. The smallest absolute Gasteiger partial charge is 0.231 e. The van der Waals surface area contributed by atoms with Gasteiger partial charge in [0.25, 0.3) is 0 Å². The lowest BCUT2D eigenvalue weighted by Crippen LogP contribution is -2.34. The number of carbonyl (C=O) groups excluding carboxylic acids is 1. The molecule has 0 atom stereocenters. The third-order valence-corrected chi connectivity index (χ3v) is 3.34. The van der Waals surface area contributed by atoms with Crippen LogP contribution in [0.5, 0.6) is 0 Å². The van der Waals surface area contributed by atoms with Crippen LogP contribution < -0.4 is 5.73 Å². The molecule has 0 radical (unpaired) electrons. The molecule has 0 bridgehead atoms. The average Bonchev–Trinajstić information content (AvgIpc) is 2.35. The first-order chi connectivity index (χ1) is 8.95. The summed E-state index contributed by atoms with van der Waals surface area (Å²) < 4.78 is 27.7. The van der Waals surface area contributed by atoms with Crippen LogP contribution in [-0.2, 0) is 11.3 Å². The van der Waals surface area contributed by atoms with Gasteiger partial charge in [-0.05, 0) is 41.0 Å². The largest absolute Gasteiger partial charge is 0.369 e. The summed E-state index contributed by atoms with van der Waals surface area (Å²) in [6.07, 6.45) is 1.77. The standard InChI is InChI=1S/C13H17BrF2N2O/c1-2-3-6-18(8-12(17)19)7-9-11(15)5-4-10(14)13(9)16/h4-5H,2-3,6-8H2,1H3,(H2,17,19). The van der Waals surface area contributed by atoms with Crippen LogP contribution in [0.3, 0.4) is 0 Å². The third-order valence-electron chi connectivity index (χ3n) is 2.73. The molecule has 0 aliphatic heterocycles. The molecule has 0 saturated heterocycles. The van der Waals surface area contributed by atoms with Gasteiger partial charge in [-0.2, -0.15) is 0 Å². The monoisotopic (exact) mass is 334 g/mol. The van der Waals surface area contributed by atoms with E-state index in [0.29, 0.717) is 6.54 Å². The number of hydrogen-bond acceptors (Lipinski definition) is 2. The number of halogens is 3. The second-order valence-corrected chi connectivity index (χ2v) is 5.21. The van der Waals surface area contributed by atoms with E-state index in [-0.39, 0.29) is 23.1 Å². The molecule has 1 aromatic carbocycles. The second-order valence-electron chi connectivity index (χ2n) is 4.35. The minimum atomic E-state index is -0.633. The first kappa shape index (κ1) is 16.0. The fourth-order valence-electron chi connectivity index (χ4n) is 1.75. The first-order valence-electron chi connectivity index (χ1n) is 6.08. The lowest BCUT2D eigenvalue weighted by Gasteiger charge is -2.21. The van der Waals surface area contributed by atoms with Crippen LogP contribution in [0.4, 0.5) is 8.78 Å². The van der Waals surface area contributed by atoms with Gasteiger partial charge >= 0.3 is 0 Å². The Morgan fingerprint density at radius 3 is 2.68 bits per heavy atom. The van der Waals surface area contributed by atoms with Gasteiger partial charge in [-0.25, -0.2) is 8.78 Å². The topological polar surface area (TPSA) is 46.3 Å². The predicted octanol–water partition coefficient (Wildman–Crippen LogP) is 2.81. The van der Waals surface area contributed by atoms with Crippen LogP contribution in [0.1, 0.15) is 25.3 Å². The van der Waals surface area contributed by atoms with E-state index in [4.69, 9.17) is 5.73 Å². The summed E-state index contributed by atoms with van der Waals surface area (Å²) in [7, 11) is 0. The Morgan fingerprint density at radius 1 is 1.42 bits per heavy atom. The molecular formula is C13H17BrF2N2O. The van der Waals surface area contributed by atoms with E-state index in [0.717, 1.165) is 12.8 Å². The highest BCUT2D eigenvalue weighted by Crippen LogP contribution is 2.23. The molecule has 3 nitrogen and oxygen atoms in total. The van der Waals surface area contributed by atoms with E-state index >= 15 is 0 Å². The maximum Gasteiger partial charge on any atom is 0.231 e. The Morgan fingerprint density at radius 2 is 2.11 bits per heavy atom. The van der Waals surface area contributed by atoms with Crippen molar-refractivity contribution in [1.29, 1.82) is 0 Å². The predicted molar refractivity (Wildman–Crippen MR) is 73.4 cm³/mol. The van der Waals surface area contributed by atoms with Crippen molar-refractivity contribution in [2.24, 2.45) is 5.73 Å². The van der Waals surface area contributed by atoms with Gasteiger partial charge in [-0.15, -0.1) is 0 Å². The normalized spacial score (nSPS) is 11.0. The molecule has 106 valence electrons. The van der Waals surface area contributed by atoms with Gasteiger partial charge in [0.05, 0.1) is 11.0 Å². The Kier molecular flexibility index (Phi) is 6.37. The van der Waals surface area contributed by atoms with Crippen molar-refractivity contribution in [3.63, 3.8) is 0 Å². The third kappa shape index (κ3) is 4.87. The van der Waals surface area contributed by atoms with Crippen LogP contribution >= 0.6 is 15.9 Å². The number of unbranched alkanes of at least 4 members (excludes halogenated alkanes) is 1. The number of nitrogens with zero attached hydrogens (tertiary/aromatic N) is 1. The molecule has 0 unspecified atom stereocenters. The number of primary amides is 1. The summed E-state index contributed by atoms with van der Waals surface area (Å²) in [4.78, 5) is 12.6. The van der Waals surface area contributed by atoms with Crippen molar-refractivity contribution in [3.8, 4) is 0 Å². The highest BCUT2D eigenvalue weighted by molar-refractivity contribution is 9.10. The number of benzene rings is 1. The van der Waals surface area contributed by atoms with E-state index in [1.165, 1.54) is 12.1 Å². The summed E-state index contributed by atoms with van der Waals surface area (Å²) in [6.45, 7) is 2.60. The molecule has 0 saturated carbocycles. The Balaban J connectivity index is 2.88. The molecule has 0 aromatic heterocycles. The quantitative estimate of drug-likeness (QED) is 0.779. The van der Waals surface area contributed by atoms with E-state index in [1.807, 2.05) is 6.92 Å². The Bertz CT molecular complexity index is 455. The summed E-state index contributed by atoms with van der Waals surface area (Å²) in [5, 5.41) is 0. The van der Waals surface area contributed by atoms with E-state index < -0.39 is 17.5 Å². The van der Waals surface area contributed by atoms with Crippen LogP contribution in [-0.4, -0.2) is 23.9 Å². The molecule has 0 aliphatic carbocycles. The molecule has 0 fully saturated rings. The van der Waals surface area contributed by atoms with Gasteiger partial charge < -0.3 is 5.73 Å². The van der Waals surface area contributed by atoms with Gasteiger partial charge in [0, 0.05) is 12.1 Å². The minimum absolute atomic E-state index is 0.00854. The lowest BCUT2D eigenvalue weighted by atomic mass is 10.1. The van der Waals surface area contributed by atoms with Crippen molar-refractivity contribution in [1.82, 2.24) is 4.90 Å². The molecule has 0 spiro atoms. The molecule has 1 aromatic rings. The number of amides is 1. The molecule has 2 N–H and O–H groups in total. The Labute approximate surface area is 119 Å². The highest BCUT2D eigenvalue weighted by atomic mass is 79.9. The van der Waals surface area contributed by atoms with E-state index in [2.05, 4.69) is 15.9 Å². The molecule has 19 heavy (non-hydrogen) atoms. The van der Waals surface area contributed by atoms with E-state index in [1.54, 1.807) is 4.90 Å². The fraction of sp³-hybridized carbons (Fsp3) is 0.462. The summed E-state index contributed by atoms with van der Waals surface area (Å²) in [5.74, 6) is -1.76. The summed E-state index contributed by atoms with van der Waals surface area (Å²) in [5.41, 5.74) is 5.10. The number of hydrogen-bond donors (Lipinski definition) is 1. The zero-order valence-corrected chi connectivity index (χ0v) is 12.3. The van der Waals surface area contributed by atoms with Gasteiger partial charge in [0.2, 0.25) is 5.91 Å². The number of carbonyl (C=O) groups is 1. The van der Waals surface area contributed by atoms with Gasteiger partial charge in [0.15, 0.2) is 0 Å². The zero-order chi connectivity index (χ0) is 14.4. The fourth-order valence-corrected chi connectivity index (χ4v) is 2.13. The lowest BCUT2D eigenvalue weighted by molar-refractivity contribution is -0.119. The minimum Gasteiger partial charge on any atom is -0.369 e. The Hall–Kier alpha value is -1.01. The van der Waals surface area contributed by atoms with Crippen molar-refractivity contribution >= 4 is 21.8 Å². The molecule has 6 heteroatoms. The summed E-state index contributed by atoms with van der Waals surface area (Å²) in [6, 6.07) is 2.52. The second kappa shape index (κ2) is 7.55. The molecular weight excluding hydrogens is 318 g/mol. The highest BCUT2D eigenvalue weighted by Gasteiger charge is 2.17. The van der Waals surface area contributed by atoms with Gasteiger partial charge in [-0.1, -0.05) is 13.3 Å².